The Kier molecular flexibility index (Phi) is 9.17. The molecule has 0 saturated carbocycles. The monoisotopic (exact) mass is 663 g/mol. The molecule has 45 heavy (non-hydrogen) atoms. The van der Waals surface area contributed by atoms with Gasteiger partial charge in [-0.15, -0.1) is 0 Å². The van der Waals surface area contributed by atoms with Gasteiger partial charge in [0.05, 0.1) is 22.4 Å². The van der Waals surface area contributed by atoms with Gasteiger partial charge in [0.1, 0.15) is 28.0 Å². The third-order valence-electron chi connectivity index (χ3n) is 8.17. The second-order valence-corrected chi connectivity index (χ2v) is 14.0. The topological polar surface area (TPSA) is 131 Å². The molecule has 1 aromatic heterocycles. The molecule has 11 nitrogen and oxygen atoms in total. The average molecular weight is 664 g/mol. The molecule has 1 atom stereocenters. The predicted molar refractivity (Wildman–Crippen MR) is 165 cm³/mol. The van der Waals surface area contributed by atoms with E-state index in [0.717, 1.165) is 27.7 Å². The van der Waals surface area contributed by atoms with Crippen LogP contribution in [0.25, 0.3) is 11.1 Å². The lowest BCUT2D eigenvalue weighted by Crippen LogP contribution is -2.51. The summed E-state index contributed by atoms with van der Waals surface area (Å²) in [5.41, 5.74) is -0.673. The van der Waals surface area contributed by atoms with Crippen LogP contribution < -0.4 is 16.6 Å². The van der Waals surface area contributed by atoms with E-state index in [1.165, 1.54) is 37.3 Å². The summed E-state index contributed by atoms with van der Waals surface area (Å²) >= 11 is 6.16. The van der Waals surface area contributed by atoms with Gasteiger partial charge in [-0.3, -0.25) is 18.7 Å². The molecule has 5 rings (SSSR count). The van der Waals surface area contributed by atoms with Gasteiger partial charge in [-0.25, -0.2) is 26.8 Å². The number of rotatable bonds is 7. The summed E-state index contributed by atoms with van der Waals surface area (Å²) in [5, 5.41) is 2.47. The van der Waals surface area contributed by atoms with Crippen molar-refractivity contribution in [3.63, 3.8) is 0 Å². The number of hydrogen-bond donors (Lipinski definition) is 1. The van der Waals surface area contributed by atoms with Crippen LogP contribution in [-0.2, 0) is 27.6 Å². The number of carbonyl (C=O) groups excluding carboxylic acids is 2. The lowest BCUT2D eigenvalue weighted by atomic mass is 10.0. The molecule has 0 aliphatic carbocycles. The number of nitrogens with one attached hydrogen (secondary N) is 1. The number of piperidine rings is 1. The Balaban J connectivity index is 1.36. The van der Waals surface area contributed by atoms with Gasteiger partial charge in [0.15, 0.2) is 0 Å². The Hall–Kier alpha value is -4.04. The van der Waals surface area contributed by atoms with Crippen LogP contribution in [0, 0.1) is 11.6 Å². The zero-order valence-corrected chi connectivity index (χ0v) is 26.2. The van der Waals surface area contributed by atoms with Gasteiger partial charge in [-0.1, -0.05) is 23.7 Å². The van der Waals surface area contributed by atoms with Gasteiger partial charge < -0.3 is 15.1 Å². The van der Waals surface area contributed by atoms with E-state index < -0.39 is 51.2 Å². The van der Waals surface area contributed by atoms with Crippen molar-refractivity contribution in [1.29, 1.82) is 0 Å². The molecule has 2 aromatic carbocycles. The zero-order valence-electron chi connectivity index (χ0n) is 24.6. The summed E-state index contributed by atoms with van der Waals surface area (Å²) in [5.74, 6) is -2.13. The third-order valence-corrected chi connectivity index (χ3v) is 9.64. The van der Waals surface area contributed by atoms with Crippen LogP contribution in [0.4, 0.5) is 19.3 Å². The van der Waals surface area contributed by atoms with E-state index in [4.69, 9.17) is 11.6 Å². The molecule has 1 saturated heterocycles. The molecule has 0 radical (unpaired) electrons. The molecule has 0 spiro atoms. The van der Waals surface area contributed by atoms with E-state index in [2.05, 4.69) is 5.32 Å². The summed E-state index contributed by atoms with van der Waals surface area (Å²) in [4.78, 5) is 56.6. The van der Waals surface area contributed by atoms with Gasteiger partial charge >= 0.3 is 11.7 Å². The molecular weight excluding hydrogens is 632 g/mol. The fourth-order valence-corrected chi connectivity index (χ4v) is 7.23. The van der Waals surface area contributed by atoms with Crippen LogP contribution in [0.2, 0.25) is 5.02 Å². The zero-order chi connectivity index (χ0) is 32.6. The van der Waals surface area contributed by atoms with Crippen molar-refractivity contribution in [2.45, 2.75) is 44.8 Å². The average Bonchev–Trinajstić information content (AvgIpc) is 3.13. The standard InChI is InChI=1S/C30H32ClF2N5O6S/c1-18(17-45(2,43)44)38-28(40)23(22-4-3-5-24(33)27(22)31)15-36(30(38)42)16-26(39)35-11-9-21(10-12-35)37-13-8-19-14-20(32)6-7-25(19)34-29(37)41/h3-7,14-15,18,21H,8-13,16-17H2,1-2H3,(H,34,41). The van der Waals surface area contributed by atoms with Gasteiger partial charge in [0.2, 0.25) is 5.91 Å². The summed E-state index contributed by atoms with van der Waals surface area (Å²) in [6, 6.07) is 6.50. The number of fused-ring (bicyclic) bond motifs is 1. The lowest BCUT2D eigenvalue weighted by Gasteiger charge is -2.38. The highest BCUT2D eigenvalue weighted by molar-refractivity contribution is 7.90. The number of aromatic nitrogens is 2. The van der Waals surface area contributed by atoms with Crippen molar-refractivity contribution in [2.24, 2.45) is 0 Å². The van der Waals surface area contributed by atoms with Crippen LogP contribution in [-0.4, -0.2) is 77.0 Å². The van der Waals surface area contributed by atoms with Crippen molar-refractivity contribution in [1.82, 2.24) is 18.9 Å². The molecular formula is C30H32ClF2N5O6S. The van der Waals surface area contributed by atoms with E-state index in [-0.39, 0.29) is 47.1 Å². The number of hydrogen-bond acceptors (Lipinski definition) is 6. The Morgan fingerprint density at radius 3 is 2.47 bits per heavy atom. The van der Waals surface area contributed by atoms with Crippen molar-refractivity contribution in [2.75, 3.05) is 37.0 Å². The van der Waals surface area contributed by atoms with E-state index >= 15 is 0 Å². The third kappa shape index (κ3) is 6.96. The second-order valence-electron chi connectivity index (χ2n) is 11.5. The number of amides is 3. The van der Waals surface area contributed by atoms with E-state index in [1.807, 2.05) is 0 Å². The Labute approximate surface area is 262 Å². The quantitative estimate of drug-likeness (QED) is 0.413. The van der Waals surface area contributed by atoms with Crippen LogP contribution >= 0.6 is 11.6 Å². The van der Waals surface area contributed by atoms with Crippen LogP contribution in [0.5, 0.6) is 0 Å². The van der Waals surface area contributed by atoms with Crippen LogP contribution in [0.1, 0.15) is 31.4 Å². The molecule has 3 aromatic rings. The highest BCUT2D eigenvalue weighted by atomic mass is 35.5. The van der Waals surface area contributed by atoms with Crippen LogP contribution in [0.3, 0.4) is 0 Å². The molecule has 3 amide bonds. The van der Waals surface area contributed by atoms with E-state index in [9.17, 15) is 36.4 Å². The minimum Gasteiger partial charge on any atom is -0.341 e. The Morgan fingerprint density at radius 2 is 1.78 bits per heavy atom. The maximum atomic E-state index is 14.3. The predicted octanol–water partition coefficient (Wildman–Crippen LogP) is 3.30. The highest BCUT2D eigenvalue weighted by Gasteiger charge is 2.32. The number of benzene rings is 2. The molecule has 1 unspecified atom stereocenters. The van der Waals surface area contributed by atoms with Gasteiger partial charge in [0, 0.05) is 49.4 Å². The maximum absolute atomic E-state index is 14.3. The number of likely N-dealkylation sites (tertiary alicyclic amines) is 1. The van der Waals surface area contributed by atoms with Crippen molar-refractivity contribution >= 4 is 39.1 Å². The second kappa shape index (κ2) is 12.8. The molecule has 15 heteroatoms. The van der Waals surface area contributed by atoms with Crippen molar-refractivity contribution in [3.05, 3.63) is 85.7 Å². The molecule has 2 aliphatic rings. The summed E-state index contributed by atoms with van der Waals surface area (Å²) in [6.45, 7) is 1.88. The fraction of sp³-hybridized carbons (Fsp3) is 0.400. The van der Waals surface area contributed by atoms with Gasteiger partial charge in [-0.05, 0) is 56.0 Å². The van der Waals surface area contributed by atoms with Gasteiger partial charge in [-0.2, -0.15) is 0 Å². The van der Waals surface area contributed by atoms with E-state index in [1.54, 1.807) is 9.80 Å². The normalized spacial score (nSPS) is 16.6. The number of urea groups is 1. The first-order chi connectivity index (χ1) is 21.2. The van der Waals surface area contributed by atoms with Crippen molar-refractivity contribution in [3.8, 4) is 11.1 Å². The first-order valence-electron chi connectivity index (χ1n) is 14.4. The maximum Gasteiger partial charge on any atom is 0.331 e. The van der Waals surface area contributed by atoms with Crippen molar-refractivity contribution < 1.29 is 26.8 Å². The summed E-state index contributed by atoms with van der Waals surface area (Å²) < 4.78 is 53.8. The Morgan fingerprint density at radius 1 is 1.07 bits per heavy atom. The molecule has 1 N–H and O–H groups in total. The minimum atomic E-state index is -3.61. The smallest absolute Gasteiger partial charge is 0.331 e. The Bertz CT molecular complexity index is 1890. The van der Waals surface area contributed by atoms with Gasteiger partial charge in [0.25, 0.3) is 5.56 Å². The number of anilines is 1. The molecule has 240 valence electrons. The summed E-state index contributed by atoms with van der Waals surface area (Å²) in [7, 11) is -3.61. The molecule has 1 fully saturated rings. The largest absolute Gasteiger partial charge is 0.341 e. The number of nitrogens with zero attached hydrogens (tertiary/aromatic N) is 4. The van der Waals surface area contributed by atoms with Crippen LogP contribution in [0.15, 0.2) is 52.2 Å². The summed E-state index contributed by atoms with van der Waals surface area (Å²) in [6.07, 6.45) is 3.52. The first kappa shape index (κ1) is 32.4. The number of sulfone groups is 1. The lowest BCUT2D eigenvalue weighted by molar-refractivity contribution is -0.133. The molecule has 2 aliphatic heterocycles. The molecule has 3 heterocycles. The fourth-order valence-electron chi connectivity index (χ4n) is 5.97. The highest BCUT2D eigenvalue weighted by Crippen LogP contribution is 2.28. The number of carbonyl (C=O) groups is 2. The molecule has 0 bridgehead atoms. The first-order valence-corrected chi connectivity index (χ1v) is 16.8. The number of halogens is 3. The minimum absolute atomic E-state index is 0.00963. The SMILES string of the molecule is CC(CS(C)(=O)=O)n1c(=O)c(-c2cccc(F)c2Cl)cn(CC(=O)N2CCC(N3CCc4cc(F)ccc4NC3=O)CC2)c1=O. The van der Waals surface area contributed by atoms with E-state index in [0.29, 0.717) is 37.1 Å².